The van der Waals surface area contributed by atoms with Crippen molar-refractivity contribution in [3.8, 4) is 22.5 Å². The SMILES string of the molecule is O=[N+]([O-])c1ccc(-c2cc(-c3ccccn3)nc3ccc4ccccc4c23)cc1. The molecule has 0 spiro atoms. The van der Waals surface area contributed by atoms with Gasteiger partial charge >= 0.3 is 0 Å². The molecule has 0 bridgehead atoms. The Kier molecular flexibility index (Phi) is 3.99. The summed E-state index contributed by atoms with van der Waals surface area (Å²) < 4.78 is 0. The first-order valence-corrected chi connectivity index (χ1v) is 9.19. The van der Waals surface area contributed by atoms with Crippen molar-refractivity contribution in [2.45, 2.75) is 0 Å². The summed E-state index contributed by atoms with van der Waals surface area (Å²) in [5.74, 6) is 0. The highest BCUT2D eigenvalue weighted by molar-refractivity contribution is 6.13. The molecule has 0 atom stereocenters. The molecule has 0 aliphatic rings. The number of hydrogen-bond acceptors (Lipinski definition) is 4. The summed E-state index contributed by atoms with van der Waals surface area (Å²) in [6.07, 6.45) is 1.74. The van der Waals surface area contributed by atoms with Crippen molar-refractivity contribution in [3.05, 3.63) is 101 Å². The predicted octanol–water partition coefficient (Wildman–Crippen LogP) is 6.03. The largest absolute Gasteiger partial charge is 0.269 e. The second-order valence-electron chi connectivity index (χ2n) is 6.75. The van der Waals surface area contributed by atoms with E-state index in [4.69, 9.17) is 4.98 Å². The molecular formula is C24H15N3O2. The third-order valence-corrected chi connectivity index (χ3v) is 5.01. The number of nitrogens with zero attached hydrogens (tertiary/aromatic N) is 3. The Bertz CT molecular complexity index is 1360. The first kappa shape index (κ1) is 17.0. The van der Waals surface area contributed by atoms with Gasteiger partial charge in [0.15, 0.2) is 0 Å². The van der Waals surface area contributed by atoms with E-state index >= 15 is 0 Å². The maximum Gasteiger partial charge on any atom is 0.269 e. The molecule has 0 aliphatic carbocycles. The third kappa shape index (κ3) is 2.99. The number of pyridine rings is 2. The molecule has 0 saturated carbocycles. The summed E-state index contributed by atoms with van der Waals surface area (Å²) in [6, 6.07) is 26.6. The highest BCUT2D eigenvalue weighted by Crippen LogP contribution is 2.36. The molecule has 5 aromatic rings. The molecule has 5 rings (SSSR count). The van der Waals surface area contributed by atoms with Crippen LogP contribution in [-0.2, 0) is 0 Å². The standard InChI is InChI=1S/C24H15N3O2/c28-27(29)18-11-8-17(9-12-18)20-15-23(21-7-3-4-14-25-21)26-22-13-10-16-5-1-2-6-19(16)24(20)22/h1-15H. The summed E-state index contributed by atoms with van der Waals surface area (Å²) in [7, 11) is 0. The molecular weight excluding hydrogens is 362 g/mol. The number of fused-ring (bicyclic) bond motifs is 3. The normalized spacial score (nSPS) is 11.0. The first-order chi connectivity index (χ1) is 14.2. The Labute approximate surface area is 166 Å². The Morgan fingerprint density at radius 3 is 2.34 bits per heavy atom. The van der Waals surface area contributed by atoms with E-state index in [0.717, 1.165) is 44.2 Å². The van der Waals surface area contributed by atoms with Crippen molar-refractivity contribution in [3.63, 3.8) is 0 Å². The number of hydrogen-bond donors (Lipinski definition) is 0. The van der Waals surface area contributed by atoms with Crippen LogP contribution in [0, 0.1) is 10.1 Å². The van der Waals surface area contributed by atoms with Gasteiger partial charge in [-0.2, -0.15) is 0 Å². The minimum absolute atomic E-state index is 0.0712. The Balaban J connectivity index is 1.85. The topological polar surface area (TPSA) is 68.9 Å². The van der Waals surface area contributed by atoms with Gasteiger partial charge in [0, 0.05) is 23.7 Å². The third-order valence-electron chi connectivity index (χ3n) is 5.01. The molecule has 138 valence electrons. The predicted molar refractivity (Wildman–Crippen MR) is 115 cm³/mol. The number of rotatable bonds is 3. The van der Waals surface area contributed by atoms with Crippen LogP contribution < -0.4 is 0 Å². The average molecular weight is 377 g/mol. The van der Waals surface area contributed by atoms with Crippen LogP contribution in [-0.4, -0.2) is 14.9 Å². The van der Waals surface area contributed by atoms with Crippen LogP contribution in [0.3, 0.4) is 0 Å². The van der Waals surface area contributed by atoms with E-state index < -0.39 is 0 Å². The van der Waals surface area contributed by atoms with Gasteiger partial charge in [0.1, 0.15) is 0 Å². The lowest BCUT2D eigenvalue weighted by molar-refractivity contribution is -0.384. The van der Waals surface area contributed by atoms with Gasteiger partial charge in [-0.3, -0.25) is 15.1 Å². The molecule has 29 heavy (non-hydrogen) atoms. The molecule has 3 aromatic carbocycles. The highest BCUT2D eigenvalue weighted by atomic mass is 16.6. The van der Waals surface area contributed by atoms with E-state index in [9.17, 15) is 10.1 Å². The minimum Gasteiger partial charge on any atom is -0.258 e. The first-order valence-electron chi connectivity index (χ1n) is 9.19. The van der Waals surface area contributed by atoms with E-state index in [0.29, 0.717) is 0 Å². The van der Waals surface area contributed by atoms with Crippen LogP contribution in [0.1, 0.15) is 0 Å². The molecule has 0 amide bonds. The van der Waals surface area contributed by atoms with Crippen molar-refractivity contribution in [2.24, 2.45) is 0 Å². The van der Waals surface area contributed by atoms with Crippen molar-refractivity contribution in [1.82, 2.24) is 9.97 Å². The van der Waals surface area contributed by atoms with Gasteiger partial charge in [0.25, 0.3) is 5.69 Å². The Hall–Kier alpha value is -4.12. The second kappa shape index (κ2) is 6.80. The summed E-state index contributed by atoms with van der Waals surface area (Å²) in [5, 5.41) is 14.3. The molecule has 2 aromatic heterocycles. The van der Waals surface area contributed by atoms with Gasteiger partial charge in [-0.25, -0.2) is 4.98 Å². The Morgan fingerprint density at radius 2 is 1.59 bits per heavy atom. The molecule has 0 N–H and O–H groups in total. The monoisotopic (exact) mass is 377 g/mol. The number of aromatic nitrogens is 2. The summed E-state index contributed by atoms with van der Waals surface area (Å²) >= 11 is 0. The van der Waals surface area contributed by atoms with Crippen molar-refractivity contribution in [1.29, 1.82) is 0 Å². The van der Waals surface area contributed by atoms with E-state index in [1.165, 1.54) is 12.1 Å². The van der Waals surface area contributed by atoms with Crippen LogP contribution in [0.4, 0.5) is 5.69 Å². The maximum absolute atomic E-state index is 11.1. The lowest BCUT2D eigenvalue weighted by Crippen LogP contribution is -1.93. The number of nitro benzene ring substituents is 1. The minimum atomic E-state index is -0.386. The van der Waals surface area contributed by atoms with E-state index in [1.807, 2.05) is 42.5 Å². The van der Waals surface area contributed by atoms with Gasteiger partial charge < -0.3 is 0 Å². The van der Waals surface area contributed by atoms with E-state index in [1.54, 1.807) is 18.3 Å². The summed E-state index contributed by atoms with van der Waals surface area (Å²) in [6.45, 7) is 0. The Morgan fingerprint density at radius 1 is 0.793 bits per heavy atom. The molecule has 0 saturated heterocycles. The van der Waals surface area contributed by atoms with Crippen LogP contribution in [0.25, 0.3) is 44.2 Å². The lowest BCUT2D eigenvalue weighted by atomic mass is 9.95. The quantitative estimate of drug-likeness (QED) is 0.219. The fourth-order valence-corrected chi connectivity index (χ4v) is 3.64. The molecule has 0 aliphatic heterocycles. The van der Waals surface area contributed by atoms with E-state index in [2.05, 4.69) is 23.2 Å². The van der Waals surface area contributed by atoms with Crippen LogP contribution in [0.2, 0.25) is 0 Å². The van der Waals surface area contributed by atoms with Gasteiger partial charge in [-0.1, -0.05) is 36.4 Å². The zero-order valence-electron chi connectivity index (χ0n) is 15.3. The number of benzene rings is 3. The second-order valence-corrected chi connectivity index (χ2v) is 6.75. The lowest BCUT2D eigenvalue weighted by Gasteiger charge is -2.12. The summed E-state index contributed by atoms with van der Waals surface area (Å²) in [5.41, 5.74) is 4.36. The van der Waals surface area contributed by atoms with Crippen LogP contribution in [0.5, 0.6) is 0 Å². The smallest absolute Gasteiger partial charge is 0.258 e. The molecule has 0 radical (unpaired) electrons. The van der Waals surface area contributed by atoms with E-state index in [-0.39, 0.29) is 10.6 Å². The molecule has 2 heterocycles. The van der Waals surface area contributed by atoms with Crippen molar-refractivity contribution < 1.29 is 4.92 Å². The zero-order valence-corrected chi connectivity index (χ0v) is 15.3. The van der Waals surface area contributed by atoms with Gasteiger partial charge in [-0.05, 0) is 58.3 Å². The number of nitro groups is 1. The number of non-ortho nitro benzene ring substituents is 1. The summed E-state index contributed by atoms with van der Waals surface area (Å²) in [4.78, 5) is 20.0. The molecule has 0 unspecified atom stereocenters. The maximum atomic E-state index is 11.1. The molecule has 5 nitrogen and oxygen atoms in total. The molecule has 0 fully saturated rings. The van der Waals surface area contributed by atoms with Crippen molar-refractivity contribution in [2.75, 3.05) is 0 Å². The molecule has 5 heteroatoms. The fraction of sp³-hybridized carbons (Fsp3) is 0. The van der Waals surface area contributed by atoms with Crippen LogP contribution in [0.15, 0.2) is 91.1 Å². The van der Waals surface area contributed by atoms with Crippen LogP contribution >= 0.6 is 0 Å². The average Bonchev–Trinajstić information content (AvgIpc) is 2.79. The van der Waals surface area contributed by atoms with Crippen molar-refractivity contribution >= 4 is 27.4 Å². The fourth-order valence-electron chi connectivity index (χ4n) is 3.64. The highest BCUT2D eigenvalue weighted by Gasteiger charge is 2.14. The zero-order chi connectivity index (χ0) is 19.8. The van der Waals surface area contributed by atoms with Gasteiger partial charge in [0.05, 0.1) is 21.8 Å². The van der Waals surface area contributed by atoms with Gasteiger partial charge in [0.2, 0.25) is 0 Å². The van der Waals surface area contributed by atoms with Gasteiger partial charge in [-0.15, -0.1) is 0 Å².